The number of aliphatic carboxylic acids is 1. The first-order valence-corrected chi connectivity index (χ1v) is 25.4. The Morgan fingerprint density at radius 3 is 1.62 bits per heavy atom. The second kappa shape index (κ2) is 27.8. The highest BCUT2D eigenvalue weighted by Crippen LogP contribution is 2.22. The van der Waals surface area contributed by atoms with Crippen LogP contribution in [0.2, 0.25) is 0 Å². The number of amides is 8. The van der Waals surface area contributed by atoms with E-state index < -0.39 is 120 Å². The summed E-state index contributed by atoms with van der Waals surface area (Å²) in [7, 11) is 0. The van der Waals surface area contributed by atoms with Crippen LogP contribution in [-0.2, 0) is 56.0 Å². The fraction of sp³-hybridized carbons (Fsp3) is 0.431. The Morgan fingerprint density at radius 1 is 0.548 bits per heavy atom. The Bertz CT molecular complexity index is 2570. The second-order valence-corrected chi connectivity index (χ2v) is 19.0. The van der Waals surface area contributed by atoms with Gasteiger partial charge < -0.3 is 58.4 Å². The van der Waals surface area contributed by atoms with Crippen LogP contribution in [0.5, 0.6) is 0 Å². The summed E-state index contributed by atoms with van der Waals surface area (Å²) in [5.74, 6) is -10.5. The molecule has 2 heterocycles. The third-order valence-corrected chi connectivity index (χ3v) is 13.3. The predicted octanol–water partition coefficient (Wildman–Crippen LogP) is 0.768. The van der Waals surface area contributed by atoms with E-state index >= 15 is 0 Å². The van der Waals surface area contributed by atoms with Crippen LogP contribution >= 0.6 is 25.3 Å². The Balaban J connectivity index is 1.62. The molecule has 0 saturated carbocycles. The maximum atomic E-state index is 14.8. The average Bonchev–Trinajstić information content (AvgIpc) is 3.78. The summed E-state index contributed by atoms with van der Waals surface area (Å²) in [6.45, 7) is 5.15. The molecule has 9 atom stereocenters. The normalized spacial score (nSPS) is 23.9. The fourth-order valence-electron chi connectivity index (χ4n) is 8.34. The minimum atomic E-state index is -1.78. The lowest BCUT2D eigenvalue weighted by molar-refractivity contribution is -0.141. The molecule has 392 valence electrons. The van der Waals surface area contributed by atoms with E-state index in [1.54, 1.807) is 87.6 Å². The number of aromatic nitrogens is 1. The molecule has 5 rings (SSSR count). The summed E-state index contributed by atoms with van der Waals surface area (Å²) in [4.78, 5) is 130. The van der Waals surface area contributed by atoms with Crippen molar-refractivity contribution in [2.75, 3.05) is 18.1 Å². The molecule has 0 aliphatic carbocycles. The lowest BCUT2D eigenvalue weighted by atomic mass is 9.92. The Labute approximate surface area is 434 Å². The van der Waals surface area contributed by atoms with Crippen LogP contribution in [0.1, 0.15) is 69.1 Å². The molecule has 12 N–H and O–H groups in total. The molecule has 1 fully saturated rings. The van der Waals surface area contributed by atoms with Gasteiger partial charge in [0.25, 0.3) is 0 Å². The largest absolute Gasteiger partial charge is 0.481 e. The molecule has 73 heavy (non-hydrogen) atoms. The summed E-state index contributed by atoms with van der Waals surface area (Å²) in [5, 5.41) is 31.8. The van der Waals surface area contributed by atoms with E-state index in [9.17, 15) is 48.3 Å². The molecule has 3 aromatic carbocycles. The molecule has 20 nitrogen and oxygen atoms in total. The molecule has 22 heteroatoms. The predicted molar refractivity (Wildman–Crippen MR) is 280 cm³/mol. The molecule has 1 aromatic heterocycles. The summed E-state index contributed by atoms with van der Waals surface area (Å²) in [5.41, 5.74) is 8.49. The number of nitrogens with two attached hydrogens (primary N) is 1. The molecule has 0 spiro atoms. The molecular weight excluding hydrogens is 977 g/mol. The van der Waals surface area contributed by atoms with Crippen molar-refractivity contribution in [3.8, 4) is 0 Å². The van der Waals surface area contributed by atoms with Gasteiger partial charge in [0.1, 0.15) is 48.3 Å². The van der Waals surface area contributed by atoms with E-state index in [4.69, 9.17) is 5.73 Å². The first-order valence-electron chi connectivity index (χ1n) is 24.1. The number of unbranched alkanes of at least 4 members (excludes halogenated alkanes) is 1. The van der Waals surface area contributed by atoms with Gasteiger partial charge in [0.05, 0.1) is 6.42 Å². The third-order valence-electron chi connectivity index (χ3n) is 12.5. The van der Waals surface area contributed by atoms with Crippen LogP contribution in [0.4, 0.5) is 0 Å². The number of rotatable bonds is 15. The van der Waals surface area contributed by atoms with E-state index in [0.29, 0.717) is 29.5 Å². The number of hydrogen-bond donors (Lipinski definition) is 13. The van der Waals surface area contributed by atoms with Gasteiger partial charge in [-0.05, 0) is 54.5 Å². The van der Waals surface area contributed by atoms with Crippen LogP contribution in [0.25, 0.3) is 10.9 Å². The van der Waals surface area contributed by atoms with Gasteiger partial charge in [0.2, 0.25) is 47.3 Å². The van der Waals surface area contributed by atoms with Gasteiger partial charge >= 0.3 is 5.97 Å². The smallest absolute Gasteiger partial charge is 0.305 e. The average molecular weight is 1040 g/mol. The second-order valence-electron chi connectivity index (χ2n) is 18.3. The molecule has 1 unspecified atom stereocenters. The molecule has 1 saturated heterocycles. The first-order chi connectivity index (χ1) is 34.9. The minimum Gasteiger partial charge on any atom is -0.481 e. The van der Waals surface area contributed by atoms with Gasteiger partial charge in [-0.25, -0.2) is 0 Å². The summed E-state index contributed by atoms with van der Waals surface area (Å²) < 4.78 is 0. The number of nitrogens with one attached hydrogen (secondary N) is 9. The number of carboxylic acids is 1. The van der Waals surface area contributed by atoms with Crippen molar-refractivity contribution in [2.24, 2.45) is 11.7 Å². The zero-order valence-electron chi connectivity index (χ0n) is 40.9. The Hall–Kier alpha value is -6.91. The molecular formula is C51H66N10O10S2. The molecule has 0 radical (unpaired) electrons. The van der Waals surface area contributed by atoms with E-state index in [-0.39, 0.29) is 37.3 Å². The first kappa shape index (κ1) is 57.0. The number of thiol groups is 2. The standard InChI is InChI=1S/C51H66N10O10S2/c1-28(2)42-50(70)57-38(24-41(62)63)47(67)58-39(26-72)48(68)55-36(22-30-14-6-4-7-15-30)45(65)56-37(23-32-25-53-34-19-11-10-18-33(32)34)46(66)54-35(20-12-13-21-52)44(64)61-43(29(3)31-16-8-5-9-17-31)51(71)59-40(27-73)49(69)60-42/h4-11,14-19,25,28-29,35-40,42-43,53,72-73H,12-13,20-24,26-27,52H2,1-3H3,(H,54,66)(H,55,68)(H,56,65)(H,57,70)(H,58,67)(H,59,71)(H,60,69)(H,61,64)(H,62,63)/t29?,35-,36-,37-,38-,39-,40-,42-,43-/m0/s1. The SMILES string of the molecule is CC(C)[C@@H]1NC(=O)[C@H](CS)NC(=O)[C@H](C(C)c2ccccc2)NC(=O)[C@H](CCCCN)NC(=O)[C@H](Cc2c[nH]c3ccccc23)NC(=O)[C@H](Cc2ccccc2)NC(=O)[C@H](CS)NC(=O)[C@H](CC(=O)O)NC1=O. The number of carbonyl (C=O) groups is 9. The third kappa shape index (κ3) is 16.3. The van der Waals surface area contributed by atoms with Crippen molar-refractivity contribution in [1.29, 1.82) is 0 Å². The van der Waals surface area contributed by atoms with Gasteiger partial charge in [-0.1, -0.05) is 99.6 Å². The number of H-pyrrole nitrogens is 1. The highest BCUT2D eigenvalue weighted by molar-refractivity contribution is 7.80. The highest BCUT2D eigenvalue weighted by Gasteiger charge is 2.38. The van der Waals surface area contributed by atoms with Crippen LogP contribution in [-0.4, -0.2) is 130 Å². The monoisotopic (exact) mass is 1040 g/mol. The lowest BCUT2D eigenvalue weighted by Crippen LogP contribution is -2.63. The van der Waals surface area contributed by atoms with Crippen molar-refractivity contribution in [3.63, 3.8) is 0 Å². The van der Waals surface area contributed by atoms with E-state index in [1.165, 1.54) is 0 Å². The maximum Gasteiger partial charge on any atom is 0.305 e. The molecule has 8 amide bonds. The van der Waals surface area contributed by atoms with Gasteiger partial charge in [-0.15, -0.1) is 0 Å². The van der Waals surface area contributed by atoms with Crippen LogP contribution in [0.3, 0.4) is 0 Å². The number of carbonyl (C=O) groups excluding carboxylic acids is 8. The van der Waals surface area contributed by atoms with Crippen molar-refractivity contribution < 1.29 is 48.3 Å². The maximum absolute atomic E-state index is 14.8. The van der Waals surface area contributed by atoms with E-state index in [0.717, 1.165) is 10.9 Å². The summed E-state index contributed by atoms with van der Waals surface area (Å²) in [6, 6.07) is 13.3. The van der Waals surface area contributed by atoms with Crippen molar-refractivity contribution in [1.82, 2.24) is 47.5 Å². The number of hydrogen-bond acceptors (Lipinski definition) is 12. The Morgan fingerprint density at radius 2 is 1.01 bits per heavy atom. The van der Waals surface area contributed by atoms with Crippen molar-refractivity contribution in [2.45, 2.75) is 114 Å². The zero-order valence-corrected chi connectivity index (χ0v) is 42.7. The molecule has 4 aromatic rings. The summed E-state index contributed by atoms with van der Waals surface area (Å²) >= 11 is 8.61. The zero-order chi connectivity index (χ0) is 53.2. The number of fused-ring (bicyclic) bond motifs is 1. The van der Waals surface area contributed by atoms with Crippen LogP contribution < -0.4 is 48.3 Å². The van der Waals surface area contributed by atoms with Crippen LogP contribution in [0, 0.1) is 5.92 Å². The number of para-hydroxylation sites is 1. The van der Waals surface area contributed by atoms with Gasteiger partial charge in [0.15, 0.2) is 0 Å². The minimum absolute atomic E-state index is 0.0632. The topological polar surface area (TPSA) is 312 Å². The van der Waals surface area contributed by atoms with Gasteiger partial charge in [-0.3, -0.25) is 43.2 Å². The summed E-state index contributed by atoms with van der Waals surface area (Å²) in [6.07, 6.45) is 1.46. The quantitative estimate of drug-likeness (QED) is 0.0583. The van der Waals surface area contributed by atoms with Gasteiger partial charge in [0, 0.05) is 47.4 Å². The van der Waals surface area contributed by atoms with Gasteiger partial charge in [-0.2, -0.15) is 25.3 Å². The highest BCUT2D eigenvalue weighted by atomic mass is 32.1. The van der Waals surface area contributed by atoms with E-state index in [1.807, 2.05) is 24.3 Å². The fourth-order valence-corrected chi connectivity index (χ4v) is 8.86. The lowest BCUT2D eigenvalue weighted by Gasteiger charge is -2.31. The number of aromatic amines is 1. The van der Waals surface area contributed by atoms with Crippen molar-refractivity contribution >= 4 is 89.4 Å². The molecule has 0 bridgehead atoms. The number of benzene rings is 3. The van der Waals surface area contributed by atoms with E-state index in [2.05, 4.69) is 72.8 Å². The Kier molecular flexibility index (Phi) is 21.7. The van der Waals surface area contributed by atoms with Crippen molar-refractivity contribution in [3.05, 3.63) is 108 Å². The molecule has 1 aliphatic rings. The van der Waals surface area contributed by atoms with Crippen LogP contribution in [0.15, 0.2) is 91.1 Å². The number of carboxylic acid groups (broad SMARTS) is 1. The molecule has 1 aliphatic heterocycles.